The summed E-state index contributed by atoms with van der Waals surface area (Å²) in [5.41, 5.74) is 3.68. The van der Waals surface area contributed by atoms with Crippen molar-refractivity contribution in [1.82, 2.24) is 4.68 Å². The number of hydrogen-bond donors (Lipinski definition) is 2. The molecule has 0 fully saturated rings. The van der Waals surface area contributed by atoms with Crippen LogP contribution in [-0.4, -0.2) is 29.8 Å². The highest BCUT2D eigenvalue weighted by Gasteiger charge is 2.14. The monoisotopic (exact) mass is 407 g/mol. The Kier molecular flexibility index (Phi) is 6.36. The molecule has 0 atom stereocenters. The Bertz CT molecular complexity index is 1130. The van der Waals surface area contributed by atoms with Crippen LogP contribution in [0.1, 0.15) is 19.4 Å². The van der Waals surface area contributed by atoms with Gasteiger partial charge in [0.15, 0.2) is 0 Å². The molecule has 148 valence electrons. The molecular formula is C21H21N5O2S. The number of thiazole rings is 1. The summed E-state index contributed by atoms with van der Waals surface area (Å²) in [6.07, 6.45) is 1.76. The summed E-state index contributed by atoms with van der Waals surface area (Å²) in [6.45, 7) is 2.88. The Hall–Kier alpha value is -3.52. The average molecular weight is 407 g/mol. The topological polar surface area (TPSA) is 87.9 Å². The van der Waals surface area contributed by atoms with Crippen LogP contribution in [0.3, 0.4) is 0 Å². The van der Waals surface area contributed by atoms with Gasteiger partial charge in [-0.3, -0.25) is 14.6 Å². The van der Waals surface area contributed by atoms with E-state index in [4.69, 9.17) is 0 Å². The summed E-state index contributed by atoms with van der Waals surface area (Å²) in [5.74, 6) is -0.391. The summed E-state index contributed by atoms with van der Waals surface area (Å²) in [6, 6.07) is 15.1. The van der Waals surface area contributed by atoms with Gasteiger partial charge >= 0.3 is 0 Å². The minimum Gasteiger partial charge on any atom is -0.326 e. The Morgan fingerprint density at radius 1 is 1.03 bits per heavy atom. The number of carbonyl (C=O) groups is 2. The summed E-state index contributed by atoms with van der Waals surface area (Å²) in [5, 5.41) is 12.1. The molecule has 0 saturated heterocycles. The lowest BCUT2D eigenvalue weighted by Gasteiger charge is -2.13. The Labute approximate surface area is 172 Å². The number of hydrogen-bond acceptors (Lipinski definition) is 5. The smallest absolute Gasteiger partial charge is 0.221 e. The van der Waals surface area contributed by atoms with Gasteiger partial charge in [-0.15, -0.1) is 11.3 Å². The number of aromatic nitrogens is 1. The van der Waals surface area contributed by atoms with Gasteiger partial charge in [-0.05, 0) is 23.8 Å². The number of rotatable bonds is 5. The summed E-state index contributed by atoms with van der Waals surface area (Å²) in [4.78, 5) is 28.1. The lowest BCUT2D eigenvalue weighted by Crippen LogP contribution is -2.13. The zero-order chi connectivity index (χ0) is 20.8. The molecule has 1 heterocycles. The standard InChI is InChI=1S/C21H21N5O2S/c1-14(27)24-17-9-10-18(19(11-17)25-15(2)28)20-13-29-21(22-3)26(20)23-12-16-7-5-4-6-8-16/h4-13H,1-3H3,(H,24,27)(H,25,28)/b22-21?,23-12-. The van der Waals surface area contributed by atoms with Gasteiger partial charge in [0, 0.05) is 37.5 Å². The van der Waals surface area contributed by atoms with Crippen molar-refractivity contribution in [2.75, 3.05) is 17.7 Å². The number of nitrogens with zero attached hydrogens (tertiary/aromatic N) is 3. The first-order chi connectivity index (χ1) is 14.0. The average Bonchev–Trinajstić information content (AvgIpc) is 3.09. The normalized spacial score (nSPS) is 11.6. The van der Waals surface area contributed by atoms with E-state index in [0.29, 0.717) is 16.2 Å². The highest BCUT2D eigenvalue weighted by molar-refractivity contribution is 7.07. The van der Waals surface area contributed by atoms with E-state index in [1.807, 2.05) is 41.8 Å². The van der Waals surface area contributed by atoms with Gasteiger partial charge in [-0.25, -0.2) is 4.68 Å². The molecule has 0 aliphatic heterocycles. The van der Waals surface area contributed by atoms with Crippen molar-refractivity contribution >= 4 is 40.7 Å². The third kappa shape index (κ3) is 5.05. The molecular weight excluding hydrogens is 386 g/mol. The Morgan fingerprint density at radius 2 is 1.76 bits per heavy atom. The molecule has 0 unspecified atom stereocenters. The van der Waals surface area contributed by atoms with Crippen molar-refractivity contribution < 1.29 is 9.59 Å². The van der Waals surface area contributed by atoms with Gasteiger partial charge in [0.1, 0.15) is 0 Å². The quantitative estimate of drug-likeness (QED) is 0.634. The van der Waals surface area contributed by atoms with Gasteiger partial charge in [-0.1, -0.05) is 30.3 Å². The van der Waals surface area contributed by atoms with E-state index in [9.17, 15) is 9.59 Å². The molecule has 0 aliphatic carbocycles. The van der Waals surface area contributed by atoms with Gasteiger partial charge in [0.25, 0.3) is 0 Å². The number of anilines is 2. The maximum atomic E-state index is 11.7. The zero-order valence-corrected chi connectivity index (χ0v) is 17.2. The molecule has 3 aromatic rings. The molecule has 8 heteroatoms. The number of amides is 2. The minimum absolute atomic E-state index is 0.184. The van der Waals surface area contributed by atoms with Crippen LogP contribution in [0.25, 0.3) is 11.3 Å². The summed E-state index contributed by atoms with van der Waals surface area (Å²) < 4.78 is 1.73. The molecule has 2 amide bonds. The Morgan fingerprint density at radius 3 is 2.41 bits per heavy atom. The van der Waals surface area contributed by atoms with E-state index >= 15 is 0 Å². The predicted molar refractivity (Wildman–Crippen MR) is 117 cm³/mol. The highest BCUT2D eigenvalue weighted by atomic mass is 32.1. The lowest BCUT2D eigenvalue weighted by atomic mass is 10.1. The third-order valence-corrected chi connectivity index (χ3v) is 4.83. The first kappa shape index (κ1) is 20.2. The predicted octanol–water partition coefficient (Wildman–Crippen LogP) is 3.55. The molecule has 2 aromatic carbocycles. The van der Waals surface area contributed by atoms with E-state index in [2.05, 4.69) is 20.7 Å². The third-order valence-electron chi connectivity index (χ3n) is 3.93. The van der Waals surface area contributed by atoms with Crippen LogP contribution in [-0.2, 0) is 9.59 Å². The largest absolute Gasteiger partial charge is 0.326 e. The fourth-order valence-electron chi connectivity index (χ4n) is 2.75. The van der Waals surface area contributed by atoms with Crippen molar-refractivity contribution in [2.45, 2.75) is 13.8 Å². The highest BCUT2D eigenvalue weighted by Crippen LogP contribution is 2.31. The van der Waals surface area contributed by atoms with Crippen LogP contribution in [0.15, 0.2) is 64.0 Å². The molecule has 0 radical (unpaired) electrons. The maximum absolute atomic E-state index is 11.7. The Balaban J connectivity index is 2.10. The number of nitrogens with one attached hydrogen (secondary N) is 2. The van der Waals surface area contributed by atoms with Crippen molar-refractivity contribution in [3.05, 3.63) is 64.3 Å². The molecule has 0 aliphatic rings. The van der Waals surface area contributed by atoms with Gasteiger partial charge in [0.2, 0.25) is 16.6 Å². The SMILES string of the molecule is CN=c1scc(-c2ccc(NC(C)=O)cc2NC(C)=O)n1/N=C\c1ccccc1. The molecule has 7 nitrogen and oxygen atoms in total. The van der Waals surface area contributed by atoms with E-state index in [1.54, 1.807) is 30.1 Å². The molecule has 1 aromatic heterocycles. The van der Waals surface area contributed by atoms with Crippen LogP contribution < -0.4 is 15.4 Å². The number of carbonyl (C=O) groups excluding carboxylic acids is 2. The summed E-state index contributed by atoms with van der Waals surface area (Å²) in [7, 11) is 1.71. The van der Waals surface area contributed by atoms with Crippen LogP contribution in [0.5, 0.6) is 0 Å². The first-order valence-electron chi connectivity index (χ1n) is 8.90. The molecule has 2 N–H and O–H groups in total. The second kappa shape index (κ2) is 9.11. The van der Waals surface area contributed by atoms with Crippen molar-refractivity contribution in [2.24, 2.45) is 10.1 Å². The van der Waals surface area contributed by atoms with Crippen molar-refractivity contribution in [3.63, 3.8) is 0 Å². The van der Waals surface area contributed by atoms with Crippen LogP contribution in [0, 0.1) is 0 Å². The molecule has 0 spiro atoms. The first-order valence-corrected chi connectivity index (χ1v) is 9.78. The molecule has 0 bridgehead atoms. The van der Waals surface area contributed by atoms with E-state index in [-0.39, 0.29) is 11.8 Å². The molecule has 0 saturated carbocycles. The molecule has 3 rings (SSSR count). The number of benzene rings is 2. The second-order valence-corrected chi connectivity index (χ2v) is 7.05. The lowest BCUT2D eigenvalue weighted by molar-refractivity contribution is -0.115. The fourth-order valence-corrected chi connectivity index (χ4v) is 3.55. The van der Waals surface area contributed by atoms with E-state index < -0.39 is 0 Å². The van der Waals surface area contributed by atoms with E-state index in [0.717, 1.165) is 16.8 Å². The minimum atomic E-state index is -0.207. The van der Waals surface area contributed by atoms with Gasteiger partial charge < -0.3 is 10.6 Å². The van der Waals surface area contributed by atoms with Gasteiger partial charge in [0.05, 0.1) is 17.6 Å². The van der Waals surface area contributed by atoms with Gasteiger partial charge in [-0.2, -0.15) is 5.10 Å². The van der Waals surface area contributed by atoms with Crippen molar-refractivity contribution in [3.8, 4) is 11.3 Å². The second-order valence-electron chi connectivity index (χ2n) is 6.22. The van der Waals surface area contributed by atoms with Crippen molar-refractivity contribution in [1.29, 1.82) is 0 Å². The molecule has 29 heavy (non-hydrogen) atoms. The van der Waals surface area contributed by atoms with Crippen LogP contribution in [0.4, 0.5) is 11.4 Å². The fraction of sp³-hybridized carbons (Fsp3) is 0.143. The van der Waals surface area contributed by atoms with Crippen LogP contribution >= 0.6 is 11.3 Å². The zero-order valence-electron chi connectivity index (χ0n) is 16.3. The maximum Gasteiger partial charge on any atom is 0.221 e. The van der Waals surface area contributed by atoms with E-state index in [1.165, 1.54) is 25.2 Å². The van der Waals surface area contributed by atoms with Crippen LogP contribution in [0.2, 0.25) is 0 Å². The summed E-state index contributed by atoms with van der Waals surface area (Å²) >= 11 is 1.45.